The Labute approximate surface area is 204 Å². The van der Waals surface area contributed by atoms with Gasteiger partial charge in [-0.15, -0.1) is 13.2 Å². The Bertz CT molecular complexity index is 949. The molecule has 2 saturated heterocycles. The van der Waals surface area contributed by atoms with Crippen molar-refractivity contribution in [2.24, 2.45) is 5.92 Å². The van der Waals surface area contributed by atoms with E-state index in [1.54, 1.807) is 12.1 Å². The molecule has 0 bridgehead atoms. The number of likely N-dealkylation sites (tertiary alicyclic amines) is 1. The molecule has 0 aromatic heterocycles. The normalized spacial score (nSPS) is 19.6. The van der Waals surface area contributed by atoms with E-state index in [4.69, 9.17) is 0 Å². The highest BCUT2D eigenvalue weighted by Crippen LogP contribution is 2.29. The Morgan fingerprint density at radius 2 is 1.74 bits per heavy atom. The lowest BCUT2D eigenvalue weighted by Crippen LogP contribution is -2.43. The third-order valence-electron chi connectivity index (χ3n) is 6.66. The second-order valence-corrected chi connectivity index (χ2v) is 9.26. The summed E-state index contributed by atoms with van der Waals surface area (Å²) in [6, 6.07) is 16.9. The number of amides is 1. The van der Waals surface area contributed by atoms with E-state index in [9.17, 15) is 18.0 Å². The van der Waals surface area contributed by atoms with Gasteiger partial charge in [0.15, 0.2) is 0 Å². The number of hydrogen-bond donors (Lipinski definition) is 2. The molecule has 0 unspecified atom stereocenters. The molecule has 0 radical (unpaired) electrons. The molecule has 9 heteroatoms. The Hall–Kier alpha value is -2.78. The highest BCUT2D eigenvalue weighted by molar-refractivity contribution is 5.79. The topological polar surface area (TPSA) is 56.8 Å². The van der Waals surface area contributed by atoms with Gasteiger partial charge in [0.05, 0.1) is 0 Å². The molecular weight excluding hydrogens is 457 g/mol. The molecule has 0 saturated carbocycles. The number of piperidine rings is 1. The molecule has 1 amide bonds. The number of rotatable bonds is 9. The first-order valence-electron chi connectivity index (χ1n) is 12.2. The van der Waals surface area contributed by atoms with Gasteiger partial charge in [-0.25, -0.2) is 0 Å². The summed E-state index contributed by atoms with van der Waals surface area (Å²) in [7, 11) is 0. The van der Waals surface area contributed by atoms with Crippen LogP contribution in [0.2, 0.25) is 0 Å². The SMILES string of the molecule is O=C(NCCN[C@@H]1CCN(Cc2ccccc2)C1)C1CCN(c2cccc(OC(F)(F)F)c2)CC1. The fraction of sp³-hybridized carbons (Fsp3) is 0.500. The summed E-state index contributed by atoms with van der Waals surface area (Å²) in [4.78, 5) is 17.0. The first-order chi connectivity index (χ1) is 16.9. The first kappa shape index (κ1) is 25.3. The van der Waals surface area contributed by atoms with E-state index in [1.807, 2.05) is 11.0 Å². The van der Waals surface area contributed by atoms with Crippen molar-refractivity contribution in [3.63, 3.8) is 0 Å². The third kappa shape index (κ3) is 7.86. The van der Waals surface area contributed by atoms with Crippen LogP contribution in [-0.4, -0.2) is 62.5 Å². The summed E-state index contributed by atoms with van der Waals surface area (Å²) in [5.74, 6) is -0.251. The van der Waals surface area contributed by atoms with E-state index in [1.165, 1.54) is 17.7 Å². The lowest BCUT2D eigenvalue weighted by molar-refractivity contribution is -0.274. The van der Waals surface area contributed by atoms with Crippen LogP contribution < -0.4 is 20.3 Å². The van der Waals surface area contributed by atoms with Gasteiger partial charge < -0.3 is 20.3 Å². The number of hydrogen-bond acceptors (Lipinski definition) is 5. The fourth-order valence-corrected chi connectivity index (χ4v) is 4.87. The minimum Gasteiger partial charge on any atom is -0.406 e. The van der Waals surface area contributed by atoms with Crippen LogP contribution in [0.15, 0.2) is 54.6 Å². The van der Waals surface area contributed by atoms with E-state index in [-0.39, 0.29) is 17.6 Å². The number of benzene rings is 2. The summed E-state index contributed by atoms with van der Waals surface area (Å²) in [6.45, 7) is 5.61. The summed E-state index contributed by atoms with van der Waals surface area (Å²) < 4.78 is 41.5. The van der Waals surface area contributed by atoms with Crippen LogP contribution in [0, 0.1) is 5.92 Å². The molecule has 190 valence electrons. The number of nitrogens with one attached hydrogen (secondary N) is 2. The molecule has 2 aromatic rings. The van der Waals surface area contributed by atoms with Gasteiger partial charge in [-0.1, -0.05) is 36.4 Å². The first-order valence-corrected chi connectivity index (χ1v) is 12.2. The zero-order valence-corrected chi connectivity index (χ0v) is 19.8. The highest BCUT2D eigenvalue weighted by Gasteiger charge is 2.31. The molecule has 4 rings (SSSR count). The lowest BCUT2D eigenvalue weighted by atomic mass is 9.95. The molecule has 2 heterocycles. The maximum Gasteiger partial charge on any atom is 0.573 e. The maximum absolute atomic E-state index is 12.6. The quantitative estimate of drug-likeness (QED) is 0.524. The van der Waals surface area contributed by atoms with Crippen molar-refractivity contribution in [3.8, 4) is 5.75 Å². The van der Waals surface area contributed by atoms with E-state index < -0.39 is 6.36 Å². The largest absolute Gasteiger partial charge is 0.573 e. The van der Waals surface area contributed by atoms with Crippen LogP contribution in [0.5, 0.6) is 5.75 Å². The Balaban J connectivity index is 1.12. The molecule has 2 fully saturated rings. The molecule has 0 aliphatic carbocycles. The van der Waals surface area contributed by atoms with Gasteiger partial charge in [0.25, 0.3) is 0 Å². The number of carbonyl (C=O) groups is 1. The third-order valence-corrected chi connectivity index (χ3v) is 6.66. The standard InChI is InChI=1S/C26H33F3N4O2/c27-26(28,29)35-24-8-4-7-23(17-24)33-15-9-21(10-16-33)25(34)31-13-12-30-22-11-14-32(19-22)18-20-5-2-1-3-6-20/h1-8,17,21-22,30H,9-16,18-19H2,(H,31,34)/t22-/m1/s1. The van der Waals surface area contributed by atoms with Gasteiger partial charge in [0.2, 0.25) is 5.91 Å². The van der Waals surface area contributed by atoms with Gasteiger partial charge in [-0.3, -0.25) is 9.69 Å². The van der Waals surface area contributed by atoms with Crippen LogP contribution in [-0.2, 0) is 11.3 Å². The summed E-state index contributed by atoms with van der Waals surface area (Å²) >= 11 is 0. The number of alkyl halides is 3. The molecule has 6 nitrogen and oxygen atoms in total. The number of ether oxygens (including phenoxy) is 1. The second kappa shape index (κ2) is 11.8. The van der Waals surface area contributed by atoms with Gasteiger partial charge in [0, 0.05) is 69.5 Å². The minimum absolute atomic E-state index is 0.0535. The molecule has 2 aromatic carbocycles. The predicted molar refractivity (Wildman–Crippen MR) is 129 cm³/mol. The van der Waals surface area contributed by atoms with Crippen molar-refractivity contribution >= 4 is 11.6 Å². The van der Waals surface area contributed by atoms with Crippen LogP contribution in [0.25, 0.3) is 0 Å². The Morgan fingerprint density at radius 3 is 2.49 bits per heavy atom. The number of carbonyl (C=O) groups excluding carboxylic acids is 1. The Morgan fingerprint density at radius 1 is 0.971 bits per heavy atom. The molecule has 2 N–H and O–H groups in total. The van der Waals surface area contributed by atoms with Crippen LogP contribution >= 0.6 is 0 Å². The maximum atomic E-state index is 12.6. The van der Waals surface area contributed by atoms with Crippen LogP contribution in [0.4, 0.5) is 18.9 Å². The average Bonchev–Trinajstić information content (AvgIpc) is 3.28. The zero-order valence-electron chi connectivity index (χ0n) is 19.8. The van der Waals surface area contributed by atoms with E-state index >= 15 is 0 Å². The highest BCUT2D eigenvalue weighted by atomic mass is 19.4. The summed E-state index contributed by atoms with van der Waals surface area (Å²) in [5, 5.41) is 6.59. The Kier molecular flexibility index (Phi) is 8.51. The summed E-state index contributed by atoms with van der Waals surface area (Å²) in [5.41, 5.74) is 2.00. The van der Waals surface area contributed by atoms with Gasteiger partial charge in [-0.05, 0) is 37.0 Å². The molecule has 0 spiro atoms. The molecule has 2 aliphatic heterocycles. The monoisotopic (exact) mass is 490 g/mol. The van der Waals surface area contributed by atoms with Gasteiger partial charge in [-0.2, -0.15) is 0 Å². The van der Waals surface area contributed by atoms with E-state index in [2.05, 4.69) is 44.5 Å². The van der Waals surface area contributed by atoms with Crippen molar-refractivity contribution in [2.75, 3.05) is 44.2 Å². The molecule has 2 aliphatic rings. The van der Waals surface area contributed by atoms with E-state index in [0.29, 0.717) is 44.2 Å². The predicted octanol–water partition coefficient (Wildman–Crippen LogP) is 3.78. The van der Waals surface area contributed by atoms with Gasteiger partial charge in [0.1, 0.15) is 5.75 Å². The number of halogens is 3. The minimum atomic E-state index is -4.71. The number of nitrogens with zero attached hydrogens (tertiary/aromatic N) is 2. The van der Waals surface area contributed by atoms with Crippen LogP contribution in [0.1, 0.15) is 24.8 Å². The molecular formula is C26H33F3N4O2. The second-order valence-electron chi connectivity index (χ2n) is 9.26. The molecule has 35 heavy (non-hydrogen) atoms. The van der Waals surface area contributed by atoms with Gasteiger partial charge >= 0.3 is 6.36 Å². The zero-order chi connectivity index (χ0) is 24.7. The average molecular weight is 491 g/mol. The fourth-order valence-electron chi connectivity index (χ4n) is 4.87. The van der Waals surface area contributed by atoms with Crippen molar-refractivity contribution in [3.05, 3.63) is 60.2 Å². The smallest absolute Gasteiger partial charge is 0.406 e. The van der Waals surface area contributed by atoms with Crippen molar-refractivity contribution < 1.29 is 22.7 Å². The van der Waals surface area contributed by atoms with Crippen molar-refractivity contribution in [1.82, 2.24) is 15.5 Å². The lowest BCUT2D eigenvalue weighted by Gasteiger charge is -2.33. The number of anilines is 1. The summed E-state index contributed by atoms with van der Waals surface area (Å²) in [6.07, 6.45) is -2.27. The van der Waals surface area contributed by atoms with Crippen LogP contribution in [0.3, 0.4) is 0 Å². The molecule has 1 atom stereocenters. The van der Waals surface area contributed by atoms with Crippen molar-refractivity contribution in [1.29, 1.82) is 0 Å². The van der Waals surface area contributed by atoms with Crippen molar-refractivity contribution in [2.45, 2.75) is 38.2 Å². The van der Waals surface area contributed by atoms with E-state index in [0.717, 1.165) is 32.6 Å².